The minimum absolute atomic E-state index is 0.0209. The van der Waals surface area contributed by atoms with Crippen molar-refractivity contribution in [1.82, 2.24) is 0 Å². The number of rotatable bonds is 1. The Morgan fingerprint density at radius 2 is 2.25 bits per heavy atom. The fraction of sp³-hybridized carbons (Fsp3) is 0.778. The third-order valence-corrected chi connectivity index (χ3v) is 3.17. The Morgan fingerprint density at radius 3 is 2.58 bits per heavy atom. The summed E-state index contributed by atoms with van der Waals surface area (Å²) in [6.45, 7) is 6.32. The molecule has 0 spiro atoms. The molecule has 0 bridgehead atoms. The Morgan fingerprint density at radius 1 is 1.67 bits per heavy atom. The molecule has 0 N–H and O–H groups in total. The summed E-state index contributed by atoms with van der Waals surface area (Å²) >= 11 is 0. The van der Waals surface area contributed by atoms with E-state index in [0.717, 1.165) is 18.4 Å². The van der Waals surface area contributed by atoms with Gasteiger partial charge in [0, 0.05) is 5.57 Å². The van der Waals surface area contributed by atoms with Gasteiger partial charge in [-0.1, -0.05) is 20.8 Å². The summed E-state index contributed by atoms with van der Waals surface area (Å²) in [5.74, 6) is 0.559. The first-order valence-electron chi connectivity index (χ1n) is 4.29. The van der Waals surface area contributed by atoms with Gasteiger partial charge in [-0.05, 0) is 24.2 Å². The summed E-state index contributed by atoms with van der Waals surface area (Å²) in [5, 5.41) is 10.3. The third-order valence-electron chi connectivity index (χ3n) is 3.17. The summed E-state index contributed by atoms with van der Waals surface area (Å²) in [4.78, 5) is 9.94. The Balaban J connectivity index is 2.88. The molecule has 0 aromatic carbocycles. The van der Waals surface area contributed by atoms with Crippen LogP contribution in [0.2, 0.25) is 0 Å². The fourth-order valence-corrected chi connectivity index (χ4v) is 1.73. The summed E-state index contributed by atoms with van der Waals surface area (Å²) in [7, 11) is 0. The van der Waals surface area contributed by atoms with Crippen LogP contribution in [0.5, 0.6) is 0 Å². The van der Waals surface area contributed by atoms with Crippen molar-refractivity contribution in [2.75, 3.05) is 0 Å². The van der Waals surface area contributed by atoms with Crippen LogP contribution < -0.4 is 0 Å². The van der Waals surface area contributed by atoms with Gasteiger partial charge >= 0.3 is 0 Å². The zero-order chi connectivity index (χ0) is 9.35. The van der Waals surface area contributed by atoms with Crippen molar-refractivity contribution in [1.29, 1.82) is 0 Å². The van der Waals surface area contributed by atoms with Gasteiger partial charge in [0.05, 0.1) is 4.92 Å². The molecule has 0 aliphatic heterocycles. The summed E-state index contributed by atoms with van der Waals surface area (Å²) < 4.78 is 0. The van der Waals surface area contributed by atoms with Crippen LogP contribution >= 0.6 is 0 Å². The van der Waals surface area contributed by atoms with Crippen LogP contribution in [0.3, 0.4) is 0 Å². The van der Waals surface area contributed by atoms with E-state index < -0.39 is 0 Å². The molecule has 0 saturated heterocycles. The highest BCUT2D eigenvalue weighted by atomic mass is 16.6. The van der Waals surface area contributed by atoms with Crippen LogP contribution in [0.25, 0.3) is 0 Å². The van der Waals surface area contributed by atoms with E-state index in [9.17, 15) is 10.1 Å². The topological polar surface area (TPSA) is 43.1 Å². The molecule has 68 valence electrons. The van der Waals surface area contributed by atoms with Crippen LogP contribution in [-0.4, -0.2) is 4.92 Å². The van der Waals surface area contributed by atoms with Gasteiger partial charge in [0.15, 0.2) is 0 Å². The van der Waals surface area contributed by atoms with Gasteiger partial charge in [0.2, 0.25) is 6.20 Å². The third kappa shape index (κ3) is 1.49. The van der Waals surface area contributed by atoms with Crippen LogP contribution in [0.4, 0.5) is 0 Å². The molecule has 0 unspecified atom stereocenters. The van der Waals surface area contributed by atoms with E-state index in [1.54, 1.807) is 0 Å². The predicted octanol–water partition coefficient (Wildman–Crippen LogP) is 2.60. The SMILES string of the molecule is C[C@@H]1CC/C(=C\[N+](=O)[O-])C1(C)C. The zero-order valence-electron chi connectivity index (χ0n) is 7.83. The lowest BCUT2D eigenvalue weighted by atomic mass is 9.80. The predicted molar refractivity (Wildman–Crippen MR) is 47.3 cm³/mol. The minimum Gasteiger partial charge on any atom is -0.259 e. The van der Waals surface area contributed by atoms with Crippen molar-refractivity contribution in [3.8, 4) is 0 Å². The van der Waals surface area contributed by atoms with E-state index in [0.29, 0.717) is 5.92 Å². The van der Waals surface area contributed by atoms with Gasteiger partial charge in [-0.25, -0.2) is 0 Å². The van der Waals surface area contributed by atoms with Crippen LogP contribution in [0.15, 0.2) is 11.8 Å². The second kappa shape index (κ2) is 2.88. The van der Waals surface area contributed by atoms with E-state index in [2.05, 4.69) is 20.8 Å². The molecule has 1 rings (SSSR count). The molecule has 0 heterocycles. The van der Waals surface area contributed by atoms with Gasteiger partial charge in [0.1, 0.15) is 0 Å². The molecule has 1 fully saturated rings. The normalized spacial score (nSPS) is 30.9. The second-order valence-electron chi connectivity index (χ2n) is 4.10. The number of hydrogen-bond donors (Lipinski definition) is 0. The number of nitro groups is 1. The zero-order valence-corrected chi connectivity index (χ0v) is 7.83. The monoisotopic (exact) mass is 169 g/mol. The summed E-state index contributed by atoms with van der Waals surface area (Å²) in [5.41, 5.74) is 1.01. The summed E-state index contributed by atoms with van der Waals surface area (Å²) in [6.07, 6.45) is 3.14. The van der Waals surface area contributed by atoms with Gasteiger partial charge in [-0.2, -0.15) is 0 Å². The Kier molecular flexibility index (Phi) is 2.22. The lowest BCUT2D eigenvalue weighted by molar-refractivity contribution is -0.404. The van der Waals surface area contributed by atoms with Gasteiger partial charge in [-0.3, -0.25) is 10.1 Å². The van der Waals surface area contributed by atoms with Crippen LogP contribution in [-0.2, 0) is 0 Å². The van der Waals surface area contributed by atoms with Crippen molar-refractivity contribution >= 4 is 0 Å². The first kappa shape index (κ1) is 9.23. The Hall–Kier alpha value is -0.860. The van der Waals surface area contributed by atoms with E-state index in [-0.39, 0.29) is 10.3 Å². The molecule has 1 aliphatic carbocycles. The van der Waals surface area contributed by atoms with Gasteiger partial charge in [-0.15, -0.1) is 0 Å². The van der Waals surface area contributed by atoms with Crippen LogP contribution in [0, 0.1) is 21.4 Å². The van der Waals surface area contributed by atoms with E-state index in [4.69, 9.17) is 0 Å². The van der Waals surface area contributed by atoms with Gasteiger partial charge in [0.25, 0.3) is 0 Å². The second-order valence-corrected chi connectivity index (χ2v) is 4.10. The molecular formula is C9H15NO2. The lowest BCUT2D eigenvalue weighted by Gasteiger charge is -2.23. The van der Waals surface area contributed by atoms with E-state index in [1.807, 2.05) is 0 Å². The van der Waals surface area contributed by atoms with Crippen molar-refractivity contribution in [2.45, 2.75) is 33.6 Å². The number of hydrogen-bond acceptors (Lipinski definition) is 2. The molecule has 0 aromatic heterocycles. The maximum Gasteiger partial charge on any atom is 0.234 e. The molecule has 3 nitrogen and oxygen atoms in total. The molecule has 1 saturated carbocycles. The maximum absolute atomic E-state index is 10.3. The molecule has 1 aliphatic rings. The average molecular weight is 169 g/mol. The molecule has 12 heavy (non-hydrogen) atoms. The van der Waals surface area contributed by atoms with Crippen LogP contribution in [0.1, 0.15) is 33.6 Å². The minimum atomic E-state index is -0.338. The number of allylic oxidation sites excluding steroid dienone is 1. The first-order chi connectivity index (χ1) is 5.44. The lowest BCUT2D eigenvalue weighted by Crippen LogP contribution is -2.16. The Bertz CT molecular complexity index is 231. The smallest absolute Gasteiger partial charge is 0.234 e. The highest BCUT2D eigenvalue weighted by Gasteiger charge is 2.37. The molecule has 0 aromatic rings. The first-order valence-corrected chi connectivity index (χ1v) is 4.29. The quantitative estimate of drug-likeness (QED) is 0.447. The van der Waals surface area contributed by atoms with E-state index in [1.165, 1.54) is 6.20 Å². The summed E-state index contributed by atoms with van der Waals surface area (Å²) in [6, 6.07) is 0. The maximum atomic E-state index is 10.3. The molecule has 0 amide bonds. The largest absolute Gasteiger partial charge is 0.259 e. The Labute approximate surface area is 72.6 Å². The fourth-order valence-electron chi connectivity index (χ4n) is 1.73. The average Bonchev–Trinajstić information content (AvgIpc) is 2.15. The standard InChI is InChI=1S/C9H15NO2/c1-7-4-5-8(6-10(11)12)9(7,2)3/h6-7H,4-5H2,1-3H3/b8-6+/t7-/m1/s1. The highest BCUT2D eigenvalue weighted by molar-refractivity contribution is 5.16. The van der Waals surface area contributed by atoms with Crippen molar-refractivity contribution < 1.29 is 4.92 Å². The molecular weight excluding hydrogens is 154 g/mol. The molecule has 3 heteroatoms. The number of nitrogens with zero attached hydrogens (tertiary/aromatic N) is 1. The van der Waals surface area contributed by atoms with Crippen molar-refractivity contribution in [2.24, 2.45) is 11.3 Å². The molecule has 1 atom stereocenters. The van der Waals surface area contributed by atoms with Crippen molar-refractivity contribution in [3.63, 3.8) is 0 Å². The highest BCUT2D eigenvalue weighted by Crippen LogP contribution is 2.46. The van der Waals surface area contributed by atoms with Crippen molar-refractivity contribution in [3.05, 3.63) is 21.9 Å². The van der Waals surface area contributed by atoms with E-state index >= 15 is 0 Å². The molecule has 0 radical (unpaired) electrons. The van der Waals surface area contributed by atoms with Gasteiger partial charge < -0.3 is 0 Å².